The standard InChI is InChI=1S/C26H25NO/c1-20(16-21-12-14-23(15-13-21)22-8-4-3-5-9-22)17-27(2)18-24-19-28-26-11-7-6-10-25(24)26/h3-16,19H,17-18H2,1-2H3. The van der Waals surface area contributed by atoms with Crippen molar-refractivity contribution in [2.75, 3.05) is 13.6 Å². The Morgan fingerprint density at radius 2 is 1.54 bits per heavy atom. The molecular formula is C26H25NO. The van der Waals surface area contributed by atoms with Gasteiger partial charge in [-0.1, -0.05) is 84.4 Å². The second-order valence-corrected chi connectivity index (χ2v) is 7.41. The lowest BCUT2D eigenvalue weighted by atomic mass is 10.0. The summed E-state index contributed by atoms with van der Waals surface area (Å²) >= 11 is 0. The van der Waals surface area contributed by atoms with Gasteiger partial charge in [0.15, 0.2) is 0 Å². The Labute approximate surface area is 166 Å². The number of benzene rings is 3. The SMILES string of the molecule is CC(=Cc1ccc(-c2ccccc2)cc1)CN(C)Cc1coc2ccccc12. The molecule has 0 aliphatic carbocycles. The summed E-state index contributed by atoms with van der Waals surface area (Å²) in [5, 5.41) is 1.20. The fraction of sp³-hybridized carbons (Fsp3) is 0.154. The van der Waals surface area contributed by atoms with Crippen LogP contribution in [-0.4, -0.2) is 18.5 Å². The van der Waals surface area contributed by atoms with Crippen molar-refractivity contribution in [1.82, 2.24) is 4.90 Å². The van der Waals surface area contributed by atoms with Crippen LogP contribution >= 0.6 is 0 Å². The first-order valence-electron chi connectivity index (χ1n) is 9.65. The normalized spacial score (nSPS) is 12.0. The topological polar surface area (TPSA) is 16.4 Å². The number of para-hydroxylation sites is 1. The number of fused-ring (bicyclic) bond motifs is 1. The van der Waals surface area contributed by atoms with Crippen molar-refractivity contribution in [3.8, 4) is 11.1 Å². The van der Waals surface area contributed by atoms with Gasteiger partial charge >= 0.3 is 0 Å². The highest BCUT2D eigenvalue weighted by Crippen LogP contribution is 2.23. The van der Waals surface area contributed by atoms with Crippen LogP contribution in [0.5, 0.6) is 0 Å². The van der Waals surface area contributed by atoms with Crippen molar-refractivity contribution in [3.63, 3.8) is 0 Å². The van der Waals surface area contributed by atoms with Gasteiger partial charge in [-0.25, -0.2) is 0 Å². The van der Waals surface area contributed by atoms with Crippen molar-refractivity contribution in [2.45, 2.75) is 13.5 Å². The molecule has 0 spiro atoms. The summed E-state index contributed by atoms with van der Waals surface area (Å²) in [5.41, 5.74) is 7.26. The first-order valence-corrected chi connectivity index (χ1v) is 9.65. The molecule has 3 aromatic carbocycles. The van der Waals surface area contributed by atoms with Crippen LogP contribution in [0.2, 0.25) is 0 Å². The molecule has 0 saturated carbocycles. The third-order valence-corrected chi connectivity index (χ3v) is 4.95. The van der Waals surface area contributed by atoms with E-state index in [0.717, 1.165) is 18.7 Å². The maximum absolute atomic E-state index is 5.66. The highest BCUT2D eigenvalue weighted by molar-refractivity contribution is 5.80. The first kappa shape index (κ1) is 18.3. The molecule has 0 atom stereocenters. The molecule has 1 heterocycles. The van der Waals surface area contributed by atoms with Crippen molar-refractivity contribution in [3.05, 3.63) is 102 Å². The number of hydrogen-bond acceptors (Lipinski definition) is 2. The lowest BCUT2D eigenvalue weighted by Crippen LogP contribution is -2.19. The van der Waals surface area contributed by atoms with Crippen LogP contribution in [0.3, 0.4) is 0 Å². The van der Waals surface area contributed by atoms with Crippen LogP contribution < -0.4 is 0 Å². The zero-order valence-corrected chi connectivity index (χ0v) is 16.4. The minimum atomic E-state index is 0.870. The molecule has 0 aliphatic rings. The molecule has 0 bridgehead atoms. The molecule has 4 rings (SSSR count). The van der Waals surface area contributed by atoms with E-state index >= 15 is 0 Å². The van der Waals surface area contributed by atoms with E-state index < -0.39 is 0 Å². The van der Waals surface area contributed by atoms with Gasteiger partial charge in [0.05, 0.1) is 6.26 Å². The summed E-state index contributed by atoms with van der Waals surface area (Å²) in [6.07, 6.45) is 4.14. The number of furan rings is 1. The van der Waals surface area contributed by atoms with Gasteiger partial charge in [-0.2, -0.15) is 0 Å². The Hall–Kier alpha value is -3.10. The Balaban J connectivity index is 1.41. The van der Waals surface area contributed by atoms with E-state index in [1.165, 1.54) is 33.2 Å². The summed E-state index contributed by atoms with van der Waals surface area (Å²) in [5.74, 6) is 0. The molecule has 2 nitrogen and oxygen atoms in total. The van der Waals surface area contributed by atoms with E-state index in [1.54, 1.807) is 0 Å². The van der Waals surface area contributed by atoms with Crippen molar-refractivity contribution < 1.29 is 4.42 Å². The maximum atomic E-state index is 5.66. The molecule has 4 aromatic rings. The molecule has 28 heavy (non-hydrogen) atoms. The molecule has 140 valence electrons. The van der Waals surface area contributed by atoms with E-state index in [4.69, 9.17) is 4.42 Å². The van der Waals surface area contributed by atoms with Gasteiger partial charge < -0.3 is 4.42 Å². The Morgan fingerprint density at radius 3 is 2.32 bits per heavy atom. The summed E-state index contributed by atoms with van der Waals surface area (Å²) in [7, 11) is 2.15. The average molecular weight is 367 g/mol. The lowest BCUT2D eigenvalue weighted by molar-refractivity contribution is 0.355. The van der Waals surface area contributed by atoms with Gasteiger partial charge in [0.2, 0.25) is 0 Å². The van der Waals surface area contributed by atoms with Gasteiger partial charge in [0.25, 0.3) is 0 Å². The second kappa shape index (κ2) is 8.28. The molecule has 0 fully saturated rings. The smallest absolute Gasteiger partial charge is 0.134 e. The van der Waals surface area contributed by atoms with Gasteiger partial charge in [0, 0.05) is 24.0 Å². The molecule has 2 heteroatoms. The van der Waals surface area contributed by atoms with Gasteiger partial charge in [-0.3, -0.25) is 4.90 Å². The highest BCUT2D eigenvalue weighted by atomic mass is 16.3. The number of rotatable bonds is 6. The highest BCUT2D eigenvalue weighted by Gasteiger charge is 2.08. The predicted octanol–water partition coefficient (Wildman–Crippen LogP) is 6.64. The van der Waals surface area contributed by atoms with Gasteiger partial charge in [0.1, 0.15) is 5.58 Å². The minimum Gasteiger partial charge on any atom is -0.464 e. The van der Waals surface area contributed by atoms with E-state index in [0.29, 0.717) is 0 Å². The Morgan fingerprint density at radius 1 is 0.857 bits per heavy atom. The van der Waals surface area contributed by atoms with Crippen LogP contribution in [0.25, 0.3) is 28.2 Å². The van der Waals surface area contributed by atoms with Crippen molar-refractivity contribution in [1.29, 1.82) is 0 Å². The van der Waals surface area contributed by atoms with Crippen molar-refractivity contribution in [2.24, 2.45) is 0 Å². The average Bonchev–Trinajstić information content (AvgIpc) is 3.12. The largest absolute Gasteiger partial charge is 0.464 e. The van der Waals surface area contributed by atoms with Crippen LogP contribution in [0.4, 0.5) is 0 Å². The molecule has 0 radical (unpaired) electrons. The first-order chi connectivity index (χ1) is 13.7. The molecule has 0 saturated heterocycles. The molecule has 0 N–H and O–H groups in total. The van der Waals surface area contributed by atoms with E-state index in [2.05, 4.69) is 85.6 Å². The quantitative estimate of drug-likeness (QED) is 0.380. The molecule has 0 aliphatic heterocycles. The Bertz CT molecular complexity index is 1070. The fourth-order valence-electron chi connectivity index (χ4n) is 3.66. The summed E-state index contributed by atoms with van der Waals surface area (Å²) < 4.78 is 5.66. The lowest BCUT2D eigenvalue weighted by Gasteiger charge is -2.16. The second-order valence-electron chi connectivity index (χ2n) is 7.41. The summed E-state index contributed by atoms with van der Waals surface area (Å²) in [6, 6.07) is 27.5. The van der Waals surface area contributed by atoms with E-state index in [-0.39, 0.29) is 0 Å². The Kier molecular flexibility index (Phi) is 5.41. The monoisotopic (exact) mass is 367 g/mol. The molecule has 0 unspecified atom stereocenters. The van der Waals surface area contributed by atoms with Crippen LogP contribution in [0, 0.1) is 0 Å². The van der Waals surface area contributed by atoms with Crippen LogP contribution in [0.1, 0.15) is 18.1 Å². The predicted molar refractivity (Wildman–Crippen MR) is 118 cm³/mol. The van der Waals surface area contributed by atoms with Crippen molar-refractivity contribution >= 4 is 17.0 Å². The van der Waals surface area contributed by atoms with Crippen LogP contribution in [-0.2, 0) is 6.54 Å². The van der Waals surface area contributed by atoms with E-state index in [9.17, 15) is 0 Å². The van der Waals surface area contributed by atoms with Gasteiger partial charge in [-0.15, -0.1) is 0 Å². The zero-order valence-electron chi connectivity index (χ0n) is 16.4. The fourth-order valence-corrected chi connectivity index (χ4v) is 3.66. The maximum Gasteiger partial charge on any atom is 0.134 e. The summed E-state index contributed by atoms with van der Waals surface area (Å²) in [4.78, 5) is 2.32. The van der Waals surface area contributed by atoms with E-state index in [1.807, 2.05) is 24.5 Å². The number of hydrogen-bond donors (Lipinski definition) is 0. The molecule has 0 amide bonds. The summed E-state index contributed by atoms with van der Waals surface area (Å²) in [6.45, 7) is 3.98. The number of nitrogens with zero attached hydrogens (tertiary/aromatic N) is 1. The zero-order chi connectivity index (χ0) is 19.3. The van der Waals surface area contributed by atoms with Crippen LogP contribution in [0.15, 0.2) is 95.1 Å². The minimum absolute atomic E-state index is 0.870. The van der Waals surface area contributed by atoms with Gasteiger partial charge in [-0.05, 0) is 36.7 Å². The third-order valence-electron chi connectivity index (χ3n) is 4.95. The third kappa shape index (κ3) is 4.24. The molecular weight excluding hydrogens is 342 g/mol. The molecule has 1 aromatic heterocycles. The number of likely N-dealkylation sites (N-methyl/N-ethyl adjacent to an activating group) is 1.